The molecule has 2 aromatic carbocycles. The fourth-order valence-corrected chi connectivity index (χ4v) is 5.55. The first-order valence-electron chi connectivity index (χ1n) is 14.9. The zero-order chi connectivity index (χ0) is 33.0. The van der Waals surface area contributed by atoms with Crippen LogP contribution in [0.15, 0.2) is 58.1 Å². The molecule has 3 atom stereocenters. The van der Waals surface area contributed by atoms with Crippen molar-refractivity contribution in [1.29, 1.82) is 0 Å². The minimum atomic E-state index is -0.949. The van der Waals surface area contributed by atoms with Crippen molar-refractivity contribution in [2.24, 2.45) is 11.7 Å². The molecule has 13 heteroatoms. The molecule has 5 rings (SSSR count). The van der Waals surface area contributed by atoms with Crippen molar-refractivity contribution in [1.82, 2.24) is 19.8 Å². The number of aromatic amines is 1. The molecule has 0 radical (unpaired) electrons. The molecule has 0 spiro atoms. The second kappa shape index (κ2) is 14.0. The number of nitrogens with two attached hydrogens (primary N) is 1. The Morgan fingerprint density at radius 1 is 0.933 bits per heavy atom. The van der Waals surface area contributed by atoms with E-state index in [1.807, 2.05) is 6.07 Å². The molecule has 240 valence electrons. The summed E-state index contributed by atoms with van der Waals surface area (Å²) in [6, 6.07) is 10.4. The van der Waals surface area contributed by atoms with E-state index in [1.54, 1.807) is 45.9 Å². The van der Waals surface area contributed by atoms with Gasteiger partial charge in [0.05, 0.1) is 11.6 Å². The van der Waals surface area contributed by atoms with Crippen LogP contribution in [0.1, 0.15) is 81.8 Å². The van der Waals surface area contributed by atoms with Crippen LogP contribution in [-0.2, 0) is 16.0 Å². The number of hydrogen-bond donors (Lipinski definition) is 4. The molecule has 5 N–H and O–H groups in total. The van der Waals surface area contributed by atoms with Gasteiger partial charge in [0.2, 0.25) is 11.8 Å². The van der Waals surface area contributed by atoms with Crippen molar-refractivity contribution in [3.8, 4) is 0 Å². The van der Waals surface area contributed by atoms with Gasteiger partial charge in [-0.3, -0.25) is 34.2 Å². The molecule has 0 bridgehead atoms. The molecule has 3 aromatic rings. The standard InChI is InChI=1S/C16H20FN3O3.C16H18FN3O2/c1-9(2)20-15(22)12(14(21)19-16(20)23)6-7-13(18)10-4-3-5-11(17)8-10;1-9(2)20-15(21)12-6-7-13(18-14(12)19-16(20)22)10-4-3-5-11(17)8-10/h3-5,8-9,12-13H,6-7,18H2,1-2H3,(H,19,21,23);3-5,8-9,13,18H,6-7H2,1-2H3,(H,19,22)/t12?,13-;13-/m11/s1. The van der Waals surface area contributed by atoms with Gasteiger partial charge in [-0.2, -0.15) is 0 Å². The van der Waals surface area contributed by atoms with E-state index in [4.69, 9.17) is 5.73 Å². The topological polar surface area (TPSA) is 159 Å². The van der Waals surface area contributed by atoms with Gasteiger partial charge >= 0.3 is 11.7 Å². The van der Waals surface area contributed by atoms with Crippen LogP contribution in [0, 0.1) is 17.6 Å². The fraction of sp³-hybridized carbons (Fsp3) is 0.406. The van der Waals surface area contributed by atoms with Crippen LogP contribution in [-0.4, -0.2) is 38.3 Å². The Kier molecular flexibility index (Phi) is 10.3. The van der Waals surface area contributed by atoms with Gasteiger partial charge in [0.1, 0.15) is 23.4 Å². The van der Waals surface area contributed by atoms with E-state index in [-0.39, 0.29) is 41.7 Å². The predicted molar refractivity (Wildman–Crippen MR) is 164 cm³/mol. The van der Waals surface area contributed by atoms with E-state index in [9.17, 15) is 32.8 Å². The summed E-state index contributed by atoms with van der Waals surface area (Å²) in [6.45, 7) is 7.00. The number of fused-ring (bicyclic) bond motifs is 1. The molecule has 1 aromatic heterocycles. The van der Waals surface area contributed by atoms with Crippen molar-refractivity contribution in [2.45, 2.75) is 77.5 Å². The second-order valence-electron chi connectivity index (χ2n) is 11.7. The molecule has 3 heterocycles. The predicted octanol–water partition coefficient (Wildman–Crippen LogP) is 4.06. The molecule has 1 saturated heterocycles. The van der Waals surface area contributed by atoms with Gasteiger partial charge in [-0.1, -0.05) is 24.3 Å². The van der Waals surface area contributed by atoms with E-state index in [2.05, 4.69) is 15.6 Å². The second-order valence-corrected chi connectivity index (χ2v) is 11.7. The number of amides is 4. The summed E-state index contributed by atoms with van der Waals surface area (Å²) in [6.07, 6.45) is 1.74. The fourth-order valence-electron chi connectivity index (χ4n) is 5.55. The molecule has 11 nitrogen and oxygen atoms in total. The number of anilines is 1. The molecule has 4 amide bonds. The van der Waals surface area contributed by atoms with Crippen molar-refractivity contribution in [3.63, 3.8) is 0 Å². The van der Waals surface area contributed by atoms with Gasteiger partial charge in [-0.15, -0.1) is 0 Å². The summed E-state index contributed by atoms with van der Waals surface area (Å²) in [4.78, 5) is 64.2. The lowest BCUT2D eigenvalue weighted by Crippen LogP contribution is -2.59. The third-order valence-electron chi connectivity index (χ3n) is 7.86. The number of nitrogens with one attached hydrogen (secondary N) is 3. The molecule has 1 fully saturated rings. The largest absolute Gasteiger partial charge is 0.364 e. The minimum absolute atomic E-state index is 0.117. The lowest BCUT2D eigenvalue weighted by atomic mass is 9.93. The molecule has 2 aliphatic heterocycles. The molecule has 2 aliphatic rings. The number of H-pyrrole nitrogens is 1. The molecule has 1 unspecified atom stereocenters. The normalized spacial score (nSPS) is 18.6. The molecule has 0 saturated carbocycles. The van der Waals surface area contributed by atoms with Gasteiger partial charge < -0.3 is 11.1 Å². The average molecular weight is 625 g/mol. The number of barbiturate groups is 1. The highest BCUT2D eigenvalue weighted by atomic mass is 19.1. The highest BCUT2D eigenvalue weighted by molar-refractivity contribution is 6.16. The number of halogens is 2. The molecule has 45 heavy (non-hydrogen) atoms. The number of rotatable bonds is 7. The minimum Gasteiger partial charge on any atom is -0.364 e. The number of carbonyl (C=O) groups excluding carboxylic acids is 3. The van der Waals surface area contributed by atoms with Gasteiger partial charge in [-0.05, 0) is 88.8 Å². The Balaban J connectivity index is 0.000000205. The molecular weight excluding hydrogens is 586 g/mol. The third kappa shape index (κ3) is 7.54. The number of hydrogen-bond acceptors (Lipinski definition) is 7. The van der Waals surface area contributed by atoms with E-state index in [0.717, 1.165) is 10.5 Å². The van der Waals surface area contributed by atoms with Crippen molar-refractivity contribution >= 4 is 23.7 Å². The first-order valence-corrected chi connectivity index (χ1v) is 14.9. The van der Waals surface area contributed by atoms with Crippen LogP contribution >= 0.6 is 0 Å². The van der Waals surface area contributed by atoms with E-state index < -0.39 is 35.5 Å². The number of aromatic nitrogens is 2. The number of urea groups is 1. The maximum absolute atomic E-state index is 13.3. The van der Waals surface area contributed by atoms with Crippen LogP contribution in [0.5, 0.6) is 0 Å². The van der Waals surface area contributed by atoms with Crippen LogP contribution in [0.2, 0.25) is 0 Å². The number of nitrogens with zero attached hydrogens (tertiary/aromatic N) is 2. The summed E-state index contributed by atoms with van der Waals surface area (Å²) in [5, 5.41) is 5.34. The summed E-state index contributed by atoms with van der Waals surface area (Å²) in [7, 11) is 0. The first-order chi connectivity index (χ1) is 21.3. The monoisotopic (exact) mass is 624 g/mol. The zero-order valence-corrected chi connectivity index (χ0v) is 25.6. The Morgan fingerprint density at radius 2 is 1.60 bits per heavy atom. The maximum atomic E-state index is 13.3. The maximum Gasteiger partial charge on any atom is 0.331 e. The van der Waals surface area contributed by atoms with E-state index in [0.29, 0.717) is 36.2 Å². The summed E-state index contributed by atoms with van der Waals surface area (Å²) in [5.74, 6) is -2.31. The zero-order valence-electron chi connectivity index (χ0n) is 25.6. The van der Waals surface area contributed by atoms with Gasteiger partial charge in [0.15, 0.2) is 0 Å². The SMILES string of the molecule is CC(C)N1C(=O)NC(=O)C(CC[C@@H](N)c2cccc(F)c2)C1=O.CC(C)n1c(=O)[nH]c2c(c1=O)CC[C@H](c1cccc(F)c1)N2. The van der Waals surface area contributed by atoms with Crippen LogP contribution in [0.4, 0.5) is 19.4 Å². The van der Waals surface area contributed by atoms with Crippen molar-refractivity contribution in [3.05, 3.63) is 97.7 Å². The van der Waals surface area contributed by atoms with Gasteiger partial charge in [-0.25, -0.2) is 18.4 Å². The molecular formula is C32H38F2N6O5. The van der Waals surface area contributed by atoms with E-state index in [1.165, 1.54) is 28.8 Å². The van der Waals surface area contributed by atoms with Gasteiger partial charge in [0.25, 0.3) is 5.56 Å². The highest BCUT2D eigenvalue weighted by Gasteiger charge is 2.41. The number of benzene rings is 2. The van der Waals surface area contributed by atoms with Crippen molar-refractivity contribution < 1.29 is 23.2 Å². The quantitative estimate of drug-likeness (QED) is 0.289. The van der Waals surface area contributed by atoms with Gasteiger partial charge in [0, 0.05) is 18.1 Å². The van der Waals surface area contributed by atoms with Crippen molar-refractivity contribution in [2.75, 3.05) is 5.32 Å². The first kappa shape index (κ1) is 33.2. The Morgan fingerprint density at radius 3 is 2.22 bits per heavy atom. The Bertz CT molecular complexity index is 1700. The average Bonchev–Trinajstić information content (AvgIpc) is 2.96. The lowest BCUT2D eigenvalue weighted by Gasteiger charge is -2.33. The summed E-state index contributed by atoms with van der Waals surface area (Å²) < 4.78 is 27.8. The lowest BCUT2D eigenvalue weighted by molar-refractivity contribution is -0.144. The Labute approximate surface area is 258 Å². The van der Waals surface area contributed by atoms with Crippen LogP contribution < -0.4 is 27.6 Å². The summed E-state index contributed by atoms with van der Waals surface area (Å²) in [5.41, 5.74) is 7.32. The number of carbonyl (C=O) groups is 3. The number of imide groups is 2. The molecule has 0 aliphatic carbocycles. The van der Waals surface area contributed by atoms with Crippen LogP contribution in [0.3, 0.4) is 0 Å². The van der Waals surface area contributed by atoms with E-state index >= 15 is 0 Å². The Hall–Kier alpha value is -4.65. The smallest absolute Gasteiger partial charge is 0.331 e. The summed E-state index contributed by atoms with van der Waals surface area (Å²) >= 11 is 0. The van der Waals surface area contributed by atoms with Crippen LogP contribution in [0.25, 0.3) is 0 Å². The third-order valence-corrected chi connectivity index (χ3v) is 7.86. The highest BCUT2D eigenvalue weighted by Crippen LogP contribution is 2.29.